The second kappa shape index (κ2) is 6.06. The van der Waals surface area contributed by atoms with Crippen molar-refractivity contribution in [3.8, 4) is 5.75 Å². The predicted octanol–water partition coefficient (Wildman–Crippen LogP) is 3.79. The van der Waals surface area contributed by atoms with Crippen LogP contribution in [-0.2, 0) is 0 Å². The topological polar surface area (TPSA) is 32.3 Å². The van der Waals surface area contributed by atoms with Gasteiger partial charge in [0.2, 0.25) is 0 Å². The Morgan fingerprint density at radius 2 is 1.88 bits per heavy atom. The van der Waals surface area contributed by atoms with Crippen LogP contribution in [0, 0.1) is 12.8 Å². The third-order valence-corrected chi connectivity index (χ3v) is 3.36. The van der Waals surface area contributed by atoms with Crippen molar-refractivity contribution in [1.82, 2.24) is 5.32 Å². The maximum absolute atomic E-state index is 9.95. The fourth-order valence-electron chi connectivity index (χ4n) is 2.21. The Kier molecular flexibility index (Phi) is 5.01. The van der Waals surface area contributed by atoms with E-state index in [1.807, 2.05) is 25.1 Å². The minimum atomic E-state index is 0.183. The number of nitrogens with one attached hydrogen (secondary N) is 1. The fourth-order valence-corrected chi connectivity index (χ4v) is 2.21. The average Bonchev–Trinajstić information content (AvgIpc) is 2.24. The van der Waals surface area contributed by atoms with Gasteiger partial charge in [-0.3, -0.25) is 0 Å². The van der Waals surface area contributed by atoms with Gasteiger partial charge >= 0.3 is 0 Å². The normalized spacial score (nSPS) is 14.9. The second-order valence-corrected chi connectivity index (χ2v) is 5.21. The van der Waals surface area contributed by atoms with E-state index >= 15 is 0 Å². The van der Waals surface area contributed by atoms with Crippen LogP contribution in [0.25, 0.3) is 0 Å². The van der Waals surface area contributed by atoms with Gasteiger partial charge in [0, 0.05) is 17.6 Å². The molecule has 17 heavy (non-hydrogen) atoms. The molecule has 0 fully saturated rings. The highest BCUT2D eigenvalue weighted by molar-refractivity contribution is 5.37. The molecule has 0 amide bonds. The summed E-state index contributed by atoms with van der Waals surface area (Å²) in [6.07, 6.45) is 1.11. The highest BCUT2D eigenvalue weighted by Crippen LogP contribution is 2.26. The number of aromatic hydroxyl groups is 1. The maximum atomic E-state index is 9.95. The van der Waals surface area contributed by atoms with Crippen molar-refractivity contribution in [2.75, 3.05) is 0 Å². The molecule has 2 atom stereocenters. The summed E-state index contributed by atoms with van der Waals surface area (Å²) in [4.78, 5) is 0. The number of phenolic OH excluding ortho intramolecular Hbond substituents is 1. The molecule has 96 valence electrons. The molecule has 0 aliphatic heterocycles. The van der Waals surface area contributed by atoms with E-state index in [-0.39, 0.29) is 6.04 Å². The highest BCUT2D eigenvalue weighted by atomic mass is 16.3. The Labute approximate surface area is 105 Å². The number of benzene rings is 1. The van der Waals surface area contributed by atoms with E-state index < -0.39 is 0 Å². The lowest BCUT2D eigenvalue weighted by Crippen LogP contribution is -2.35. The molecule has 2 nitrogen and oxygen atoms in total. The third kappa shape index (κ3) is 3.74. The lowest BCUT2D eigenvalue weighted by Gasteiger charge is -2.26. The molecule has 0 radical (unpaired) electrons. The van der Waals surface area contributed by atoms with Crippen molar-refractivity contribution in [2.45, 2.75) is 53.1 Å². The van der Waals surface area contributed by atoms with E-state index in [0.29, 0.717) is 17.7 Å². The van der Waals surface area contributed by atoms with Gasteiger partial charge in [0.15, 0.2) is 0 Å². The monoisotopic (exact) mass is 235 g/mol. The summed E-state index contributed by atoms with van der Waals surface area (Å²) in [6, 6.07) is 6.55. The SMILES string of the molecule is CCC(NC(C)c1ccc(C)cc1O)C(C)C. The molecule has 1 aromatic carbocycles. The molecular weight excluding hydrogens is 210 g/mol. The molecule has 0 saturated heterocycles. The summed E-state index contributed by atoms with van der Waals surface area (Å²) >= 11 is 0. The van der Waals surface area contributed by atoms with Crippen molar-refractivity contribution in [2.24, 2.45) is 5.92 Å². The van der Waals surface area contributed by atoms with Crippen LogP contribution in [0.2, 0.25) is 0 Å². The van der Waals surface area contributed by atoms with Crippen LogP contribution < -0.4 is 5.32 Å². The summed E-state index contributed by atoms with van der Waals surface area (Å²) < 4.78 is 0. The Morgan fingerprint density at radius 1 is 1.24 bits per heavy atom. The average molecular weight is 235 g/mol. The van der Waals surface area contributed by atoms with E-state index in [2.05, 4.69) is 33.0 Å². The van der Waals surface area contributed by atoms with Crippen molar-refractivity contribution in [3.63, 3.8) is 0 Å². The van der Waals surface area contributed by atoms with Crippen molar-refractivity contribution < 1.29 is 5.11 Å². The molecule has 2 heteroatoms. The molecule has 1 aromatic rings. The van der Waals surface area contributed by atoms with E-state index in [1.165, 1.54) is 0 Å². The van der Waals surface area contributed by atoms with Crippen LogP contribution in [0.1, 0.15) is 51.3 Å². The van der Waals surface area contributed by atoms with Crippen LogP contribution in [0.15, 0.2) is 18.2 Å². The minimum Gasteiger partial charge on any atom is -0.508 e. The summed E-state index contributed by atoms with van der Waals surface area (Å²) in [5, 5.41) is 13.5. The van der Waals surface area contributed by atoms with Gasteiger partial charge < -0.3 is 10.4 Å². The van der Waals surface area contributed by atoms with Gasteiger partial charge in [0.05, 0.1) is 0 Å². The van der Waals surface area contributed by atoms with Gasteiger partial charge in [-0.05, 0) is 37.8 Å². The fraction of sp³-hybridized carbons (Fsp3) is 0.600. The zero-order valence-electron chi connectivity index (χ0n) is 11.6. The largest absolute Gasteiger partial charge is 0.508 e. The first-order chi connectivity index (χ1) is 7.95. The van der Waals surface area contributed by atoms with E-state index in [0.717, 1.165) is 17.5 Å². The van der Waals surface area contributed by atoms with Crippen molar-refractivity contribution in [1.29, 1.82) is 0 Å². The first-order valence-electron chi connectivity index (χ1n) is 6.51. The number of hydrogen-bond donors (Lipinski definition) is 2. The highest BCUT2D eigenvalue weighted by Gasteiger charge is 2.16. The summed E-state index contributed by atoms with van der Waals surface area (Å²) in [5.41, 5.74) is 2.07. The smallest absolute Gasteiger partial charge is 0.120 e. The van der Waals surface area contributed by atoms with Crippen molar-refractivity contribution >= 4 is 0 Å². The maximum Gasteiger partial charge on any atom is 0.120 e. The zero-order chi connectivity index (χ0) is 13.0. The lowest BCUT2D eigenvalue weighted by atomic mass is 9.98. The lowest BCUT2D eigenvalue weighted by molar-refractivity contribution is 0.349. The molecule has 0 aromatic heterocycles. The predicted molar refractivity (Wildman–Crippen MR) is 73.3 cm³/mol. The first kappa shape index (κ1) is 14.0. The van der Waals surface area contributed by atoms with Crippen LogP contribution in [0.3, 0.4) is 0 Å². The Hall–Kier alpha value is -1.02. The standard InChI is InChI=1S/C15H25NO/c1-6-14(10(2)3)16-12(5)13-8-7-11(4)9-15(13)17/h7-10,12,14,16-17H,6H2,1-5H3. The van der Waals surface area contributed by atoms with Crippen LogP contribution >= 0.6 is 0 Å². The Balaban J connectivity index is 2.78. The molecule has 0 aliphatic rings. The molecule has 2 N–H and O–H groups in total. The molecule has 0 heterocycles. The van der Waals surface area contributed by atoms with E-state index in [9.17, 15) is 5.11 Å². The second-order valence-electron chi connectivity index (χ2n) is 5.21. The molecule has 0 bridgehead atoms. The Bertz CT molecular complexity index is 360. The number of rotatable bonds is 5. The van der Waals surface area contributed by atoms with Gasteiger partial charge in [0.25, 0.3) is 0 Å². The first-order valence-corrected chi connectivity index (χ1v) is 6.51. The Morgan fingerprint density at radius 3 is 2.35 bits per heavy atom. The quantitative estimate of drug-likeness (QED) is 0.814. The van der Waals surface area contributed by atoms with Crippen LogP contribution in [-0.4, -0.2) is 11.1 Å². The number of aryl methyl sites for hydroxylation is 1. The zero-order valence-corrected chi connectivity index (χ0v) is 11.6. The minimum absolute atomic E-state index is 0.183. The number of hydrogen-bond acceptors (Lipinski definition) is 2. The molecule has 2 unspecified atom stereocenters. The number of phenols is 1. The summed E-state index contributed by atoms with van der Waals surface area (Å²) in [7, 11) is 0. The molecule has 1 rings (SSSR count). The molecule has 0 spiro atoms. The van der Waals surface area contributed by atoms with Crippen LogP contribution in [0.4, 0.5) is 0 Å². The van der Waals surface area contributed by atoms with E-state index in [4.69, 9.17) is 0 Å². The molecule has 0 aliphatic carbocycles. The van der Waals surface area contributed by atoms with Gasteiger partial charge in [-0.25, -0.2) is 0 Å². The third-order valence-electron chi connectivity index (χ3n) is 3.36. The summed E-state index contributed by atoms with van der Waals surface area (Å²) in [5.74, 6) is 0.999. The van der Waals surface area contributed by atoms with Gasteiger partial charge in [-0.15, -0.1) is 0 Å². The van der Waals surface area contributed by atoms with Crippen LogP contribution in [0.5, 0.6) is 5.75 Å². The van der Waals surface area contributed by atoms with E-state index in [1.54, 1.807) is 0 Å². The van der Waals surface area contributed by atoms with Crippen molar-refractivity contribution in [3.05, 3.63) is 29.3 Å². The van der Waals surface area contributed by atoms with Gasteiger partial charge in [-0.1, -0.05) is 32.9 Å². The van der Waals surface area contributed by atoms with Gasteiger partial charge in [0.1, 0.15) is 5.75 Å². The molecule has 0 saturated carbocycles. The molecular formula is C15H25NO. The van der Waals surface area contributed by atoms with Gasteiger partial charge in [-0.2, -0.15) is 0 Å². The summed E-state index contributed by atoms with van der Waals surface area (Å²) in [6.45, 7) is 10.7.